The van der Waals surface area contributed by atoms with Crippen molar-refractivity contribution in [1.82, 2.24) is 14.7 Å². The largest absolute Gasteiger partial charge is 0.486 e. The predicted molar refractivity (Wildman–Crippen MR) is 109 cm³/mol. The number of amides is 2. The fourth-order valence-corrected chi connectivity index (χ4v) is 4.76. The predicted octanol–water partition coefficient (Wildman–Crippen LogP) is 1.80. The number of nitrogens with two attached hydrogens (primary N) is 1. The van der Waals surface area contributed by atoms with Crippen LogP contribution in [0.15, 0.2) is 24.4 Å². The van der Waals surface area contributed by atoms with Crippen molar-refractivity contribution >= 4 is 11.8 Å². The first-order valence-corrected chi connectivity index (χ1v) is 10.5. The molecule has 158 valence electrons. The third-order valence-electron chi connectivity index (χ3n) is 6.34. The first-order valence-electron chi connectivity index (χ1n) is 10.5. The summed E-state index contributed by atoms with van der Waals surface area (Å²) in [6.07, 6.45) is 4.32. The van der Waals surface area contributed by atoms with Crippen LogP contribution in [0.4, 0.5) is 0 Å². The van der Waals surface area contributed by atoms with Crippen molar-refractivity contribution in [3.63, 3.8) is 0 Å². The Hall–Kier alpha value is -3.03. The summed E-state index contributed by atoms with van der Waals surface area (Å²) in [6.45, 7) is 2.46. The molecule has 8 heteroatoms. The minimum absolute atomic E-state index is 0.00523. The molecule has 1 aromatic heterocycles. The molecule has 3 atom stereocenters. The Balaban J connectivity index is 1.28. The van der Waals surface area contributed by atoms with Crippen molar-refractivity contribution in [3.05, 3.63) is 41.2 Å². The molecule has 0 radical (unpaired) electrons. The average Bonchev–Trinajstić information content (AvgIpc) is 3.46. The topological polar surface area (TPSA) is 99.7 Å². The molecule has 0 bridgehead atoms. The van der Waals surface area contributed by atoms with Gasteiger partial charge in [-0.15, -0.1) is 0 Å². The van der Waals surface area contributed by atoms with Gasteiger partial charge in [-0.1, -0.05) is 6.07 Å². The van der Waals surface area contributed by atoms with Gasteiger partial charge in [-0.05, 0) is 42.9 Å². The Bertz CT molecular complexity index is 1000. The molecule has 8 nitrogen and oxygen atoms in total. The van der Waals surface area contributed by atoms with E-state index in [0.717, 1.165) is 42.9 Å². The van der Waals surface area contributed by atoms with E-state index in [1.54, 1.807) is 17.9 Å². The molecular weight excluding hydrogens is 384 g/mol. The van der Waals surface area contributed by atoms with E-state index in [0.29, 0.717) is 31.0 Å². The molecule has 2 N–H and O–H groups in total. The highest BCUT2D eigenvalue weighted by Gasteiger charge is 2.47. The molecule has 1 aromatic carbocycles. The number of benzene rings is 1. The fraction of sp³-hybridized carbons (Fsp3) is 0.500. The number of likely N-dealkylation sites (tertiary alicyclic amines) is 1. The minimum atomic E-state index is -0.470. The first kappa shape index (κ1) is 19.0. The van der Waals surface area contributed by atoms with Crippen molar-refractivity contribution in [2.45, 2.75) is 31.1 Å². The van der Waals surface area contributed by atoms with E-state index in [-0.39, 0.29) is 23.7 Å². The number of aryl methyl sites for hydroxylation is 1. The standard InChI is InChI=1S/C22H26N4O4/c1-25-12-17(21(23)27)20(24-25)14-3-2-6-26(11-14)22(28)16-10-15(16)13-4-5-18-19(9-13)30-8-7-29-18/h4-5,9,12,14-16H,2-3,6-8,10-11H2,1H3,(H2,23,27)/t14-,15+,16+/m1/s1. The van der Waals surface area contributed by atoms with Crippen molar-refractivity contribution in [1.29, 1.82) is 0 Å². The molecule has 3 heterocycles. The molecule has 2 aromatic rings. The highest BCUT2D eigenvalue weighted by Crippen LogP contribution is 2.50. The third kappa shape index (κ3) is 3.40. The number of nitrogens with zero attached hydrogens (tertiary/aromatic N) is 3. The van der Waals surface area contributed by atoms with Crippen LogP contribution in [0, 0.1) is 5.92 Å². The third-order valence-corrected chi connectivity index (χ3v) is 6.34. The second-order valence-corrected chi connectivity index (χ2v) is 8.44. The number of piperidine rings is 1. The molecule has 2 fully saturated rings. The molecule has 1 saturated heterocycles. The van der Waals surface area contributed by atoms with Gasteiger partial charge in [0.1, 0.15) is 13.2 Å². The van der Waals surface area contributed by atoms with E-state index in [2.05, 4.69) is 5.10 Å². The van der Waals surface area contributed by atoms with Crippen LogP contribution in [0.25, 0.3) is 0 Å². The average molecular weight is 410 g/mol. The summed E-state index contributed by atoms with van der Waals surface area (Å²) in [7, 11) is 1.78. The van der Waals surface area contributed by atoms with E-state index < -0.39 is 5.91 Å². The monoisotopic (exact) mass is 410 g/mol. The fourth-order valence-electron chi connectivity index (χ4n) is 4.76. The molecule has 5 rings (SSSR count). The van der Waals surface area contributed by atoms with Crippen LogP contribution in [-0.4, -0.2) is 52.8 Å². The number of primary amides is 1. The summed E-state index contributed by atoms with van der Waals surface area (Å²) in [4.78, 5) is 26.9. The van der Waals surface area contributed by atoms with E-state index in [1.165, 1.54) is 0 Å². The molecule has 0 spiro atoms. The molecule has 0 unspecified atom stereocenters. The lowest BCUT2D eigenvalue weighted by Crippen LogP contribution is -2.40. The zero-order valence-electron chi connectivity index (χ0n) is 17.0. The molecule has 3 aliphatic rings. The summed E-state index contributed by atoms with van der Waals surface area (Å²) in [5.41, 5.74) is 7.82. The van der Waals surface area contributed by atoms with Gasteiger partial charge >= 0.3 is 0 Å². The Morgan fingerprint density at radius 3 is 2.80 bits per heavy atom. The van der Waals surface area contributed by atoms with Crippen molar-refractivity contribution in [2.24, 2.45) is 18.7 Å². The number of carbonyl (C=O) groups excluding carboxylic acids is 2. The number of carbonyl (C=O) groups is 2. The zero-order valence-corrected chi connectivity index (χ0v) is 17.0. The van der Waals surface area contributed by atoms with E-state index in [9.17, 15) is 9.59 Å². The lowest BCUT2D eigenvalue weighted by molar-refractivity contribution is -0.133. The smallest absolute Gasteiger partial charge is 0.252 e. The van der Waals surface area contributed by atoms with Crippen LogP contribution in [0.5, 0.6) is 11.5 Å². The Kier molecular flexibility index (Phi) is 4.64. The molecule has 2 aliphatic heterocycles. The SMILES string of the molecule is Cn1cc(C(N)=O)c([C@@H]2CCCN(C(=O)[C@H]3C[C@H]3c3ccc4c(c3)OCCO4)C2)n1. The van der Waals surface area contributed by atoms with Crippen LogP contribution in [0.3, 0.4) is 0 Å². The van der Waals surface area contributed by atoms with Crippen LogP contribution in [-0.2, 0) is 11.8 Å². The Morgan fingerprint density at radius 1 is 1.20 bits per heavy atom. The number of ether oxygens (including phenoxy) is 2. The van der Waals surface area contributed by atoms with E-state index >= 15 is 0 Å². The second kappa shape index (κ2) is 7.34. The normalized spacial score (nSPS) is 25.1. The molecule has 2 amide bonds. The Morgan fingerprint density at radius 2 is 2.00 bits per heavy atom. The summed E-state index contributed by atoms with van der Waals surface area (Å²) in [5.74, 6) is 1.53. The second-order valence-electron chi connectivity index (χ2n) is 8.44. The van der Waals surface area contributed by atoms with Gasteiger partial charge in [0.15, 0.2) is 11.5 Å². The Labute approximate surface area is 174 Å². The maximum Gasteiger partial charge on any atom is 0.252 e. The van der Waals surface area contributed by atoms with Crippen LogP contribution < -0.4 is 15.2 Å². The van der Waals surface area contributed by atoms with Gasteiger partial charge in [0.25, 0.3) is 5.91 Å². The zero-order chi connectivity index (χ0) is 20.8. The summed E-state index contributed by atoms with van der Waals surface area (Å²) >= 11 is 0. The van der Waals surface area contributed by atoms with E-state index in [1.807, 2.05) is 23.1 Å². The van der Waals surface area contributed by atoms with Gasteiger partial charge in [0.05, 0.1) is 11.3 Å². The van der Waals surface area contributed by atoms with Gasteiger partial charge in [0, 0.05) is 38.2 Å². The summed E-state index contributed by atoms with van der Waals surface area (Å²) in [6, 6.07) is 5.99. The van der Waals surface area contributed by atoms with Gasteiger partial charge in [-0.2, -0.15) is 5.10 Å². The molecule has 1 saturated carbocycles. The number of rotatable bonds is 4. The lowest BCUT2D eigenvalue weighted by Gasteiger charge is -2.32. The lowest BCUT2D eigenvalue weighted by atomic mass is 9.92. The summed E-state index contributed by atoms with van der Waals surface area (Å²) < 4.78 is 12.9. The van der Waals surface area contributed by atoms with Gasteiger partial charge in [-0.3, -0.25) is 14.3 Å². The van der Waals surface area contributed by atoms with Crippen molar-refractivity contribution < 1.29 is 19.1 Å². The molecule has 1 aliphatic carbocycles. The minimum Gasteiger partial charge on any atom is -0.486 e. The summed E-state index contributed by atoms with van der Waals surface area (Å²) in [5, 5.41) is 4.47. The van der Waals surface area contributed by atoms with Crippen LogP contribution in [0.1, 0.15) is 52.7 Å². The van der Waals surface area contributed by atoms with Gasteiger partial charge < -0.3 is 20.1 Å². The van der Waals surface area contributed by atoms with Gasteiger partial charge in [-0.25, -0.2) is 0 Å². The number of aromatic nitrogens is 2. The van der Waals surface area contributed by atoms with Crippen molar-refractivity contribution in [3.8, 4) is 11.5 Å². The highest BCUT2D eigenvalue weighted by atomic mass is 16.6. The quantitative estimate of drug-likeness (QED) is 0.829. The maximum atomic E-state index is 13.2. The van der Waals surface area contributed by atoms with Crippen molar-refractivity contribution in [2.75, 3.05) is 26.3 Å². The molecule has 30 heavy (non-hydrogen) atoms. The number of fused-ring (bicyclic) bond motifs is 1. The van der Waals surface area contributed by atoms with Gasteiger partial charge in [0.2, 0.25) is 5.91 Å². The highest BCUT2D eigenvalue weighted by molar-refractivity contribution is 5.94. The van der Waals surface area contributed by atoms with Crippen LogP contribution >= 0.6 is 0 Å². The first-order chi connectivity index (χ1) is 14.5. The molecular formula is C22H26N4O4. The maximum absolute atomic E-state index is 13.2. The number of hydrogen-bond donors (Lipinski definition) is 1. The van der Waals surface area contributed by atoms with Crippen LogP contribution in [0.2, 0.25) is 0 Å². The van der Waals surface area contributed by atoms with E-state index in [4.69, 9.17) is 15.2 Å². The number of hydrogen-bond acceptors (Lipinski definition) is 5.